The van der Waals surface area contributed by atoms with Crippen LogP contribution in [0.25, 0.3) is 10.2 Å². The van der Waals surface area contributed by atoms with E-state index < -0.39 is 16.1 Å². The first-order valence-electron chi connectivity index (χ1n) is 13.3. The molecule has 3 aromatic heterocycles. The summed E-state index contributed by atoms with van der Waals surface area (Å²) < 4.78 is 31.3. The number of ether oxygens (including phenoxy) is 1. The Morgan fingerprint density at radius 2 is 1.81 bits per heavy atom. The summed E-state index contributed by atoms with van der Waals surface area (Å²) >= 11 is 0.980. The Kier molecular flexibility index (Phi) is 7.82. The van der Waals surface area contributed by atoms with Crippen molar-refractivity contribution in [3.8, 4) is 5.75 Å². The minimum absolute atomic E-state index is 0.0156. The average molecular weight is 605 g/mol. The second-order valence-corrected chi connectivity index (χ2v) is 12.6. The van der Waals surface area contributed by atoms with Crippen molar-refractivity contribution in [1.29, 1.82) is 0 Å². The number of anilines is 1. The highest BCUT2D eigenvalue weighted by Gasteiger charge is 2.30. The maximum absolute atomic E-state index is 13.8. The Hall–Kier alpha value is -4.40. The van der Waals surface area contributed by atoms with Gasteiger partial charge in [-0.1, -0.05) is 41.6 Å². The molecular weight excluding hydrogens is 576 g/mol. The summed E-state index contributed by atoms with van der Waals surface area (Å²) in [5, 5.41) is 13.8. The number of hydrogen-bond donors (Lipinski definition) is 1. The second-order valence-electron chi connectivity index (χ2n) is 9.84. The molecule has 0 radical (unpaired) electrons. The first-order valence-corrected chi connectivity index (χ1v) is 15.7. The van der Waals surface area contributed by atoms with Crippen LogP contribution in [0.1, 0.15) is 17.3 Å². The van der Waals surface area contributed by atoms with Crippen molar-refractivity contribution in [2.24, 2.45) is 5.14 Å². The van der Waals surface area contributed by atoms with Gasteiger partial charge in [0.15, 0.2) is 0 Å². The van der Waals surface area contributed by atoms with E-state index in [0.29, 0.717) is 54.3 Å². The van der Waals surface area contributed by atoms with Crippen molar-refractivity contribution in [3.63, 3.8) is 0 Å². The van der Waals surface area contributed by atoms with Crippen LogP contribution in [0.4, 0.5) is 5.82 Å². The molecule has 1 fully saturated rings. The van der Waals surface area contributed by atoms with Crippen LogP contribution in [0.3, 0.4) is 0 Å². The monoisotopic (exact) mass is 604 g/mol. The summed E-state index contributed by atoms with van der Waals surface area (Å²) in [6.45, 7) is 2.67. The zero-order valence-corrected chi connectivity index (χ0v) is 24.1. The van der Waals surface area contributed by atoms with Crippen LogP contribution >= 0.6 is 11.3 Å². The SMILES string of the molecule is NS(=O)(=O)c1nc2ccc(OCc3cn([C@@H](Cc4ccccc4)C(=O)N4CCN(c5ccccn5)CC4)nn3)cc2s1. The molecule has 1 amide bonds. The Labute approximate surface area is 246 Å². The van der Waals surface area contributed by atoms with Crippen LogP contribution in [-0.4, -0.2) is 70.4 Å². The number of piperazine rings is 1. The third-order valence-corrected chi connectivity index (χ3v) is 9.31. The summed E-state index contributed by atoms with van der Waals surface area (Å²) in [7, 11) is -3.88. The topological polar surface area (TPSA) is 149 Å². The largest absolute Gasteiger partial charge is 0.487 e. The van der Waals surface area contributed by atoms with E-state index in [-0.39, 0.29) is 16.9 Å². The van der Waals surface area contributed by atoms with Crippen molar-refractivity contribution in [2.75, 3.05) is 31.1 Å². The minimum Gasteiger partial charge on any atom is -0.487 e. The Balaban J connectivity index is 1.16. The van der Waals surface area contributed by atoms with Crippen molar-refractivity contribution >= 4 is 43.3 Å². The number of carbonyl (C=O) groups excluding carboxylic acids is 1. The molecule has 4 heterocycles. The molecule has 216 valence electrons. The number of primary sulfonamides is 1. The molecule has 2 N–H and O–H groups in total. The van der Waals surface area contributed by atoms with Gasteiger partial charge >= 0.3 is 0 Å². The number of nitrogens with two attached hydrogens (primary N) is 1. The normalized spacial score (nSPS) is 14.7. The van der Waals surface area contributed by atoms with Crippen LogP contribution in [0, 0.1) is 0 Å². The van der Waals surface area contributed by atoms with Gasteiger partial charge in [0.25, 0.3) is 10.0 Å². The van der Waals surface area contributed by atoms with Crippen LogP contribution in [-0.2, 0) is 27.8 Å². The number of amides is 1. The minimum atomic E-state index is -3.88. The molecule has 0 aliphatic carbocycles. The van der Waals surface area contributed by atoms with Gasteiger partial charge < -0.3 is 14.5 Å². The van der Waals surface area contributed by atoms with Gasteiger partial charge in [-0.2, -0.15) is 0 Å². The number of rotatable bonds is 9. The maximum atomic E-state index is 13.8. The van der Waals surface area contributed by atoms with Gasteiger partial charge in [0.1, 0.15) is 29.9 Å². The lowest BCUT2D eigenvalue weighted by atomic mass is 10.0. The van der Waals surface area contributed by atoms with Gasteiger partial charge in [0.05, 0.1) is 16.4 Å². The molecule has 1 aliphatic heterocycles. The molecule has 1 atom stereocenters. The predicted molar refractivity (Wildman–Crippen MR) is 158 cm³/mol. The summed E-state index contributed by atoms with van der Waals surface area (Å²) in [5.41, 5.74) is 2.09. The Morgan fingerprint density at radius 1 is 1.02 bits per heavy atom. The molecule has 5 aromatic rings. The van der Waals surface area contributed by atoms with Gasteiger partial charge in [-0.3, -0.25) is 4.79 Å². The van der Waals surface area contributed by atoms with E-state index in [9.17, 15) is 13.2 Å². The number of nitrogens with zero attached hydrogens (tertiary/aromatic N) is 7. The van der Waals surface area contributed by atoms with E-state index in [1.54, 1.807) is 35.3 Å². The molecule has 12 nitrogen and oxygen atoms in total. The van der Waals surface area contributed by atoms with E-state index in [1.807, 2.05) is 53.4 Å². The summed E-state index contributed by atoms with van der Waals surface area (Å²) in [5.74, 6) is 1.41. The number of sulfonamides is 1. The zero-order chi connectivity index (χ0) is 29.1. The van der Waals surface area contributed by atoms with E-state index in [0.717, 1.165) is 22.7 Å². The molecule has 1 aliphatic rings. The van der Waals surface area contributed by atoms with Crippen LogP contribution in [0.5, 0.6) is 5.75 Å². The van der Waals surface area contributed by atoms with Crippen molar-refractivity contribution in [2.45, 2.75) is 23.4 Å². The van der Waals surface area contributed by atoms with Crippen LogP contribution in [0.2, 0.25) is 0 Å². The average Bonchev–Trinajstić information content (AvgIpc) is 3.67. The molecule has 0 bridgehead atoms. The quantitative estimate of drug-likeness (QED) is 0.268. The van der Waals surface area contributed by atoms with E-state index in [4.69, 9.17) is 9.88 Å². The molecule has 1 saturated heterocycles. The van der Waals surface area contributed by atoms with Gasteiger partial charge in [-0.05, 0) is 35.9 Å². The molecule has 6 rings (SSSR count). The third kappa shape index (κ3) is 6.25. The lowest BCUT2D eigenvalue weighted by molar-refractivity contribution is -0.135. The molecule has 42 heavy (non-hydrogen) atoms. The molecule has 2 aromatic carbocycles. The van der Waals surface area contributed by atoms with E-state index >= 15 is 0 Å². The van der Waals surface area contributed by atoms with Crippen molar-refractivity contribution in [3.05, 3.63) is 90.4 Å². The first-order chi connectivity index (χ1) is 20.3. The molecule has 14 heteroatoms. The van der Waals surface area contributed by atoms with Crippen LogP contribution < -0.4 is 14.8 Å². The Bertz CT molecular complexity index is 1790. The van der Waals surface area contributed by atoms with Gasteiger partial charge in [-0.15, -0.1) is 16.4 Å². The highest BCUT2D eigenvalue weighted by atomic mass is 32.2. The van der Waals surface area contributed by atoms with Crippen LogP contribution in [0.15, 0.2) is 83.5 Å². The molecular formula is C28H28N8O4S2. The van der Waals surface area contributed by atoms with Gasteiger partial charge in [0.2, 0.25) is 10.2 Å². The van der Waals surface area contributed by atoms with Crippen molar-refractivity contribution in [1.82, 2.24) is 29.9 Å². The lowest BCUT2D eigenvalue weighted by Crippen LogP contribution is -2.51. The lowest BCUT2D eigenvalue weighted by Gasteiger charge is -2.37. The smallest absolute Gasteiger partial charge is 0.265 e. The second kappa shape index (κ2) is 11.8. The summed E-state index contributed by atoms with van der Waals surface area (Å²) in [4.78, 5) is 26.4. The standard InChI is InChI=1S/C28H28N8O4S2/c29-42(38,39)28-31-23-10-9-22(17-25(23)41-28)40-19-21-18-36(33-32-21)24(16-20-6-2-1-3-7-20)27(37)35-14-12-34(13-15-35)26-8-4-5-11-30-26/h1-11,17-18,24H,12-16,19H2,(H2,29,38,39)/t24-/m0/s1. The summed E-state index contributed by atoms with van der Waals surface area (Å²) in [6, 6.07) is 20.2. The molecule has 0 saturated carbocycles. The number of aromatic nitrogens is 5. The fourth-order valence-corrected chi connectivity index (χ4v) is 6.51. The predicted octanol–water partition coefficient (Wildman–Crippen LogP) is 2.64. The van der Waals surface area contributed by atoms with E-state index in [2.05, 4.69) is 25.2 Å². The number of pyridine rings is 1. The molecule has 0 unspecified atom stereocenters. The number of fused-ring (bicyclic) bond motifs is 1. The number of benzene rings is 2. The Morgan fingerprint density at radius 3 is 2.55 bits per heavy atom. The molecule has 0 spiro atoms. The fourth-order valence-electron chi connectivity index (χ4n) is 4.82. The van der Waals surface area contributed by atoms with E-state index in [1.165, 1.54) is 0 Å². The van der Waals surface area contributed by atoms with Crippen molar-refractivity contribution < 1.29 is 17.9 Å². The number of hydrogen-bond acceptors (Lipinski definition) is 10. The number of carbonyl (C=O) groups is 1. The third-order valence-electron chi connectivity index (χ3n) is 6.97. The summed E-state index contributed by atoms with van der Waals surface area (Å²) in [6.07, 6.45) is 3.98. The fraction of sp³-hybridized carbons (Fsp3) is 0.250. The van der Waals surface area contributed by atoms with Gasteiger partial charge in [-0.25, -0.2) is 28.2 Å². The number of thiazole rings is 1. The highest BCUT2D eigenvalue weighted by Crippen LogP contribution is 2.28. The zero-order valence-electron chi connectivity index (χ0n) is 22.5. The maximum Gasteiger partial charge on any atom is 0.265 e. The first kappa shape index (κ1) is 27.8. The van der Waals surface area contributed by atoms with Gasteiger partial charge in [0, 0.05) is 38.8 Å². The highest BCUT2D eigenvalue weighted by molar-refractivity contribution is 7.91.